The number of hydrogen-bond acceptors (Lipinski definition) is 4. The molecule has 0 bridgehead atoms. The zero-order valence-electron chi connectivity index (χ0n) is 14.4. The number of carbonyl (C=O) groups excluding carboxylic acids is 2. The van der Waals surface area contributed by atoms with Crippen molar-refractivity contribution >= 4 is 17.8 Å². The minimum atomic E-state index is -0.359. The van der Waals surface area contributed by atoms with Gasteiger partial charge >= 0.3 is 12.0 Å². The number of hydrogen-bond donors (Lipinski definition) is 3. The molecule has 3 rings (SSSR count). The molecule has 2 aliphatic heterocycles. The molecule has 1 saturated heterocycles. The second-order valence-corrected chi connectivity index (χ2v) is 6.15. The molecule has 8 nitrogen and oxygen atoms in total. The number of quaternary nitrogens is 1. The number of esters is 1. The summed E-state index contributed by atoms with van der Waals surface area (Å²) in [6, 6.07) is 5.79. The maximum Gasteiger partial charge on any atom is 0.337 e. The van der Waals surface area contributed by atoms with Crippen molar-refractivity contribution in [3.63, 3.8) is 0 Å². The van der Waals surface area contributed by atoms with Crippen molar-refractivity contribution < 1.29 is 24.2 Å². The van der Waals surface area contributed by atoms with Gasteiger partial charge in [0.25, 0.3) is 5.82 Å². The van der Waals surface area contributed by atoms with Gasteiger partial charge in [0.1, 0.15) is 32.7 Å². The number of carbonyl (C=O) groups is 2. The summed E-state index contributed by atoms with van der Waals surface area (Å²) in [5.74, 6) is 0.755. The fraction of sp³-hybridized carbons (Fsp3) is 0.471. The average molecular weight is 347 g/mol. The van der Waals surface area contributed by atoms with Crippen molar-refractivity contribution in [2.45, 2.75) is 6.92 Å². The third-order valence-corrected chi connectivity index (χ3v) is 4.51. The molecule has 0 radical (unpaired) electrons. The molecule has 2 amide bonds. The third-order valence-electron chi connectivity index (χ3n) is 4.51. The normalized spacial score (nSPS) is 18.6. The van der Waals surface area contributed by atoms with Gasteiger partial charge in [-0.2, -0.15) is 0 Å². The van der Waals surface area contributed by atoms with Crippen LogP contribution < -0.4 is 25.4 Å². The van der Waals surface area contributed by atoms with Gasteiger partial charge in [0, 0.05) is 6.07 Å². The van der Waals surface area contributed by atoms with E-state index in [0.717, 1.165) is 32.0 Å². The Morgan fingerprint density at radius 2 is 2.16 bits per heavy atom. The van der Waals surface area contributed by atoms with E-state index in [1.165, 1.54) is 4.90 Å². The topological polar surface area (TPSA) is 89.2 Å². The first kappa shape index (κ1) is 17.2. The number of nitrogens with one attached hydrogen (secondary N) is 4. The predicted octanol–water partition coefficient (Wildman–Crippen LogP) is -1.66. The maximum absolute atomic E-state index is 12.1. The third kappa shape index (κ3) is 4.27. The van der Waals surface area contributed by atoms with Gasteiger partial charge in [-0.25, -0.2) is 14.6 Å². The summed E-state index contributed by atoms with van der Waals surface area (Å²) in [7, 11) is 0. The first-order valence-electron chi connectivity index (χ1n) is 8.66. The molecule has 0 atom stereocenters. The van der Waals surface area contributed by atoms with E-state index in [4.69, 9.17) is 4.74 Å². The van der Waals surface area contributed by atoms with E-state index in [2.05, 4.69) is 26.6 Å². The Labute approximate surface area is 146 Å². The average Bonchev–Trinajstić information content (AvgIpc) is 2.63. The van der Waals surface area contributed by atoms with Crippen molar-refractivity contribution in [3.8, 4) is 0 Å². The minimum absolute atomic E-state index is 0.221. The number of piperazine rings is 1. The molecule has 3 heterocycles. The summed E-state index contributed by atoms with van der Waals surface area (Å²) in [5, 5.41) is 5.42. The van der Waals surface area contributed by atoms with Gasteiger partial charge in [-0.1, -0.05) is 6.07 Å². The Bertz CT molecular complexity index is 654. The molecule has 8 heteroatoms. The lowest BCUT2D eigenvalue weighted by atomic mass is 10.1. The van der Waals surface area contributed by atoms with Crippen LogP contribution in [0.4, 0.5) is 10.6 Å². The van der Waals surface area contributed by atoms with E-state index in [0.29, 0.717) is 24.4 Å². The van der Waals surface area contributed by atoms with E-state index < -0.39 is 0 Å². The van der Waals surface area contributed by atoms with Gasteiger partial charge in [-0.05, 0) is 13.0 Å². The molecule has 25 heavy (non-hydrogen) atoms. The van der Waals surface area contributed by atoms with Gasteiger partial charge in [-0.3, -0.25) is 4.90 Å². The van der Waals surface area contributed by atoms with E-state index in [-0.39, 0.29) is 18.5 Å². The van der Waals surface area contributed by atoms with E-state index >= 15 is 0 Å². The van der Waals surface area contributed by atoms with Crippen LogP contribution in [0, 0.1) is 0 Å². The van der Waals surface area contributed by atoms with Gasteiger partial charge in [0.15, 0.2) is 0 Å². The molecule has 0 saturated carbocycles. The number of pyridine rings is 1. The van der Waals surface area contributed by atoms with Crippen molar-refractivity contribution in [3.05, 3.63) is 35.7 Å². The number of aromatic nitrogens is 1. The van der Waals surface area contributed by atoms with Gasteiger partial charge < -0.3 is 20.3 Å². The zero-order valence-corrected chi connectivity index (χ0v) is 14.4. The molecule has 0 aliphatic carbocycles. The number of ether oxygens (including phenoxy) is 1. The molecule has 0 unspecified atom stereocenters. The number of aromatic amines is 1. The lowest BCUT2D eigenvalue weighted by molar-refractivity contribution is -0.896. The molecule has 4 N–H and O–H groups in total. The quantitative estimate of drug-likeness (QED) is 0.556. The molecule has 134 valence electrons. The monoisotopic (exact) mass is 347 g/mol. The van der Waals surface area contributed by atoms with Gasteiger partial charge in [0.2, 0.25) is 0 Å². The summed E-state index contributed by atoms with van der Waals surface area (Å²) >= 11 is 0. The Hall–Kier alpha value is -2.61. The highest BCUT2D eigenvalue weighted by Crippen LogP contribution is 2.08. The predicted molar refractivity (Wildman–Crippen MR) is 91.0 cm³/mol. The lowest BCUT2D eigenvalue weighted by Gasteiger charge is -2.30. The fourth-order valence-electron chi connectivity index (χ4n) is 3.17. The highest BCUT2D eigenvalue weighted by Gasteiger charge is 2.30. The van der Waals surface area contributed by atoms with Crippen LogP contribution in [0.25, 0.3) is 0 Å². The largest absolute Gasteiger partial charge is 0.463 e. The maximum atomic E-state index is 12.1. The molecular weight excluding hydrogens is 322 g/mol. The summed E-state index contributed by atoms with van der Waals surface area (Å²) in [4.78, 5) is 30.7. The molecule has 0 aromatic carbocycles. The van der Waals surface area contributed by atoms with Crippen LogP contribution in [-0.4, -0.2) is 57.9 Å². The Morgan fingerprint density at radius 1 is 1.36 bits per heavy atom. The highest BCUT2D eigenvalue weighted by atomic mass is 16.5. The number of amides is 2. The molecule has 1 aromatic rings. The zero-order chi connectivity index (χ0) is 17.6. The second-order valence-electron chi connectivity index (χ2n) is 6.15. The van der Waals surface area contributed by atoms with Crippen LogP contribution >= 0.6 is 0 Å². The first-order valence-corrected chi connectivity index (χ1v) is 8.66. The highest BCUT2D eigenvalue weighted by molar-refractivity contribution is 5.93. The Balaban J connectivity index is 1.63. The smallest absolute Gasteiger partial charge is 0.337 e. The van der Waals surface area contributed by atoms with Crippen LogP contribution in [0.15, 0.2) is 35.7 Å². The summed E-state index contributed by atoms with van der Waals surface area (Å²) in [6.07, 6.45) is 1.93. The summed E-state index contributed by atoms with van der Waals surface area (Å²) in [6.45, 7) is 6.65. The number of rotatable bonds is 5. The van der Waals surface area contributed by atoms with Crippen LogP contribution in [0.5, 0.6) is 0 Å². The summed E-state index contributed by atoms with van der Waals surface area (Å²) in [5.41, 5.74) is 1.20. The number of anilines is 1. The van der Waals surface area contributed by atoms with E-state index in [1.54, 1.807) is 6.92 Å². The second kappa shape index (κ2) is 7.98. The number of urea groups is 1. The SMILES string of the molecule is CCOC(=O)C1=C(C[NH+]2CCN(c3cccc[nH+]3)CC2)NC(=O)NC1. The molecule has 0 spiro atoms. The van der Waals surface area contributed by atoms with Gasteiger partial charge in [0.05, 0.1) is 30.6 Å². The lowest BCUT2D eigenvalue weighted by Crippen LogP contribution is -3.15. The molecule has 1 aromatic heterocycles. The molecular formula is C17H25N5O3+2. The standard InChI is InChI=1S/C17H23N5O3/c1-2-25-16(23)13-11-19-17(24)20-14(13)12-21-7-9-22(10-8-21)15-5-3-4-6-18-15/h3-6H,2,7-12H2,1H3,(H2,19,20,24)/p+2. The molecule has 2 aliphatic rings. The van der Waals surface area contributed by atoms with Crippen molar-refractivity contribution in [1.29, 1.82) is 0 Å². The van der Waals surface area contributed by atoms with Crippen molar-refractivity contribution in [2.24, 2.45) is 0 Å². The van der Waals surface area contributed by atoms with E-state index in [9.17, 15) is 9.59 Å². The fourth-order valence-corrected chi connectivity index (χ4v) is 3.17. The van der Waals surface area contributed by atoms with Crippen LogP contribution in [0.2, 0.25) is 0 Å². The van der Waals surface area contributed by atoms with Gasteiger partial charge in [-0.15, -0.1) is 0 Å². The van der Waals surface area contributed by atoms with Crippen molar-refractivity contribution in [1.82, 2.24) is 10.6 Å². The van der Waals surface area contributed by atoms with Crippen LogP contribution in [0.3, 0.4) is 0 Å². The van der Waals surface area contributed by atoms with Crippen LogP contribution in [-0.2, 0) is 9.53 Å². The van der Waals surface area contributed by atoms with Crippen LogP contribution in [0.1, 0.15) is 6.92 Å². The molecule has 1 fully saturated rings. The Morgan fingerprint density at radius 3 is 2.84 bits per heavy atom. The van der Waals surface area contributed by atoms with E-state index in [1.807, 2.05) is 18.3 Å². The first-order chi connectivity index (χ1) is 12.2. The summed E-state index contributed by atoms with van der Waals surface area (Å²) < 4.78 is 5.10. The number of nitrogens with zero attached hydrogens (tertiary/aromatic N) is 1. The minimum Gasteiger partial charge on any atom is -0.463 e. The number of H-pyrrole nitrogens is 1. The van der Waals surface area contributed by atoms with Crippen molar-refractivity contribution in [2.75, 3.05) is 50.8 Å². The Kier molecular flexibility index (Phi) is 5.49.